The van der Waals surface area contributed by atoms with Gasteiger partial charge in [0.2, 0.25) is 17.7 Å². The molecule has 1 aromatic heterocycles. The molecule has 2 aromatic rings. The second-order valence-corrected chi connectivity index (χ2v) is 7.46. The van der Waals surface area contributed by atoms with Crippen LogP contribution in [0.4, 0.5) is 0 Å². The van der Waals surface area contributed by atoms with E-state index in [2.05, 4.69) is 15.5 Å². The summed E-state index contributed by atoms with van der Waals surface area (Å²) in [4.78, 5) is 11.7. The van der Waals surface area contributed by atoms with E-state index < -0.39 is 0 Å². The van der Waals surface area contributed by atoms with Gasteiger partial charge in [0.05, 0.1) is 19.3 Å². The van der Waals surface area contributed by atoms with Gasteiger partial charge in [0.25, 0.3) is 0 Å². The molecule has 2 rings (SSSR count). The summed E-state index contributed by atoms with van der Waals surface area (Å²) in [5.41, 5.74) is 0.851. The summed E-state index contributed by atoms with van der Waals surface area (Å²) in [6.07, 6.45) is 1.39. The number of benzene rings is 1. The Morgan fingerprint density at radius 3 is 2.47 bits per heavy atom. The lowest BCUT2D eigenvalue weighted by Gasteiger charge is -2.09. The van der Waals surface area contributed by atoms with Crippen LogP contribution in [0.1, 0.15) is 52.3 Å². The largest absolute Gasteiger partial charge is 0.491 e. The van der Waals surface area contributed by atoms with Gasteiger partial charge in [-0.1, -0.05) is 13.8 Å². The number of amides is 1. The van der Waals surface area contributed by atoms with Crippen molar-refractivity contribution in [2.24, 2.45) is 0 Å². The van der Waals surface area contributed by atoms with E-state index in [-0.39, 0.29) is 17.9 Å². The summed E-state index contributed by atoms with van der Waals surface area (Å²) in [7, 11) is 0. The molecule has 166 valence electrons. The summed E-state index contributed by atoms with van der Waals surface area (Å²) in [5.74, 6) is 2.08. The minimum absolute atomic E-state index is 0.0176. The molecular weight excluding hydrogens is 386 g/mol. The maximum Gasteiger partial charge on any atom is 0.247 e. The van der Waals surface area contributed by atoms with Gasteiger partial charge in [-0.15, -0.1) is 10.2 Å². The highest BCUT2D eigenvalue weighted by molar-refractivity contribution is 5.75. The molecule has 0 atom stereocenters. The molecule has 0 aliphatic rings. The van der Waals surface area contributed by atoms with Gasteiger partial charge in [0.15, 0.2) is 0 Å². The summed E-state index contributed by atoms with van der Waals surface area (Å²) in [6.45, 7) is 10.4. The lowest BCUT2D eigenvalue weighted by Crippen LogP contribution is -2.27. The quantitative estimate of drug-likeness (QED) is 0.468. The van der Waals surface area contributed by atoms with Gasteiger partial charge < -0.3 is 23.9 Å². The summed E-state index contributed by atoms with van der Waals surface area (Å²) >= 11 is 0. The van der Waals surface area contributed by atoms with Crippen LogP contribution in [-0.2, 0) is 14.3 Å². The van der Waals surface area contributed by atoms with E-state index in [4.69, 9.17) is 18.6 Å². The van der Waals surface area contributed by atoms with Crippen LogP contribution in [0.15, 0.2) is 28.7 Å². The first-order valence-electron chi connectivity index (χ1n) is 10.5. The van der Waals surface area contributed by atoms with Gasteiger partial charge in [-0.3, -0.25) is 4.79 Å². The molecule has 0 fully saturated rings. The predicted octanol–water partition coefficient (Wildman–Crippen LogP) is 3.58. The van der Waals surface area contributed by atoms with Gasteiger partial charge in [0, 0.05) is 31.1 Å². The molecule has 0 radical (unpaired) electrons. The lowest BCUT2D eigenvalue weighted by atomic mass is 10.2. The number of ether oxygens (including phenoxy) is 3. The molecule has 1 amide bonds. The zero-order valence-electron chi connectivity index (χ0n) is 18.3. The Labute approximate surface area is 178 Å². The minimum atomic E-state index is 0.0176. The summed E-state index contributed by atoms with van der Waals surface area (Å²) in [5, 5.41) is 10.9. The van der Waals surface area contributed by atoms with Crippen LogP contribution in [-0.4, -0.2) is 55.2 Å². The highest BCUT2D eigenvalue weighted by Crippen LogP contribution is 2.23. The Morgan fingerprint density at radius 2 is 1.80 bits per heavy atom. The third-order valence-corrected chi connectivity index (χ3v) is 4.10. The molecular formula is C22H33N3O5. The van der Waals surface area contributed by atoms with Crippen molar-refractivity contribution >= 4 is 5.91 Å². The van der Waals surface area contributed by atoms with Crippen LogP contribution in [0.5, 0.6) is 5.75 Å². The van der Waals surface area contributed by atoms with Crippen LogP contribution in [0, 0.1) is 0 Å². The van der Waals surface area contributed by atoms with Crippen molar-refractivity contribution < 1.29 is 23.4 Å². The lowest BCUT2D eigenvalue weighted by molar-refractivity contribution is -0.121. The molecule has 30 heavy (non-hydrogen) atoms. The number of carbonyl (C=O) groups excluding carboxylic acids is 1. The van der Waals surface area contributed by atoms with Crippen molar-refractivity contribution in [2.45, 2.75) is 52.6 Å². The van der Waals surface area contributed by atoms with Crippen LogP contribution in [0.3, 0.4) is 0 Å². The fourth-order valence-corrected chi connectivity index (χ4v) is 2.50. The number of nitrogens with one attached hydrogen (secondary N) is 1. The Hall–Kier alpha value is -2.45. The monoisotopic (exact) mass is 419 g/mol. The van der Waals surface area contributed by atoms with E-state index in [1.165, 1.54) is 0 Å². The number of carbonyl (C=O) groups is 1. The molecule has 1 heterocycles. The van der Waals surface area contributed by atoms with Crippen molar-refractivity contribution in [1.29, 1.82) is 0 Å². The number of hydrogen-bond donors (Lipinski definition) is 1. The molecule has 8 heteroatoms. The van der Waals surface area contributed by atoms with E-state index in [9.17, 15) is 4.79 Å². The van der Waals surface area contributed by atoms with E-state index in [0.29, 0.717) is 51.2 Å². The average molecular weight is 420 g/mol. The topological polar surface area (TPSA) is 95.7 Å². The van der Waals surface area contributed by atoms with Gasteiger partial charge >= 0.3 is 0 Å². The van der Waals surface area contributed by atoms with Crippen molar-refractivity contribution in [2.75, 3.05) is 33.0 Å². The summed E-state index contributed by atoms with van der Waals surface area (Å²) < 4.78 is 22.2. The Balaban J connectivity index is 1.54. The van der Waals surface area contributed by atoms with Crippen LogP contribution in [0.2, 0.25) is 0 Å². The van der Waals surface area contributed by atoms with Gasteiger partial charge in [-0.25, -0.2) is 0 Å². The van der Waals surface area contributed by atoms with Gasteiger partial charge in [-0.2, -0.15) is 0 Å². The van der Waals surface area contributed by atoms with Crippen molar-refractivity contribution in [3.8, 4) is 17.2 Å². The SMILES string of the molecule is CC(C)OCCCC(=O)NCCOCCOc1ccc(-c2nnc(C(C)C)o2)cc1. The molecule has 0 unspecified atom stereocenters. The molecule has 1 aromatic carbocycles. The fourth-order valence-electron chi connectivity index (χ4n) is 2.50. The Kier molecular flexibility index (Phi) is 10.3. The van der Waals surface area contributed by atoms with E-state index in [1.807, 2.05) is 52.0 Å². The van der Waals surface area contributed by atoms with Crippen LogP contribution < -0.4 is 10.1 Å². The van der Waals surface area contributed by atoms with E-state index in [1.54, 1.807) is 0 Å². The maximum atomic E-state index is 11.7. The van der Waals surface area contributed by atoms with Crippen molar-refractivity contribution in [1.82, 2.24) is 15.5 Å². The van der Waals surface area contributed by atoms with Gasteiger partial charge in [0.1, 0.15) is 12.4 Å². The molecule has 0 spiro atoms. The molecule has 1 N–H and O–H groups in total. The highest BCUT2D eigenvalue weighted by Gasteiger charge is 2.11. The van der Waals surface area contributed by atoms with Crippen LogP contribution >= 0.6 is 0 Å². The van der Waals surface area contributed by atoms with Crippen molar-refractivity contribution in [3.05, 3.63) is 30.2 Å². The normalized spacial score (nSPS) is 11.3. The van der Waals surface area contributed by atoms with Crippen molar-refractivity contribution in [3.63, 3.8) is 0 Å². The first-order valence-corrected chi connectivity index (χ1v) is 10.5. The van der Waals surface area contributed by atoms with Crippen LogP contribution in [0.25, 0.3) is 11.5 Å². The smallest absolute Gasteiger partial charge is 0.247 e. The molecule has 0 saturated heterocycles. The molecule has 8 nitrogen and oxygen atoms in total. The predicted molar refractivity (Wildman–Crippen MR) is 113 cm³/mol. The zero-order chi connectivity index (χ0) is 21.8. The standard InChI is InChI=1S/C22H33N3O5/c1-16(2)21-24-25-22(30-21)18-7-9-19(10-8-18)29-15-14-27-13-11-23-20(26)6-5-12-28-17(3)4/h7-10,16-17H,5-6,11-15H2,1-4H3,(H,23,26). The fraction of sp³-hybridized carbons (Fsp3) is 0.591. The summed E-state index contributed by atoms with van der Waals surface area (Å²) in [6, 6.07) is 7.49. The Morgan fingerprint density at radius 1 is 1.03 bits per heavy atom. The molecule has 0 aliphatic heterocycles. The highest BCUT2D eigenvalue weighted by atomic mass is 16.5. The van der Waals surface area contributed by atoms with E-state index in [0.717, 1.165) is 17.7 Å². The Bertz CT molecular complexity index is 743. The third-order valence-electron chi connectivity index (χ3n) is 4.10. The third kappa shape index (κ3) is 8.92. The number of rotatable bonds is 14. The molecule has 0 saturated carbocycles. The molecule has 0 bridgehead atoms. The zero-order valence-corrected chi connectivity index (χ0v) is 18.3. The second kappa shape index (κ2) is 13.0. The number of hydrogen-bond acceptors (Lipinski definition) is 7. The van der Waals surface area contributed by atoms with Gasteiger partial charge in [-0.05, 0) is 44.5 Å². The maximum absolute atomic E-state index is 11.7. The van der Waals surface area contributed by atoms with E-state index >= 15 is 0 Å². The molecule has 0 aliphatic carbocycles. The number of aromatic nitrogens is 2. The first kappa shape index (κ1) is 23.8. The number of nitrogens with zero attached hydrogens (tertiary/aromatic N) is 2. The second-order valence-electron chi connectivity index (χ2n) is 7.46. The minimum Gasteiger partial charge on any atom is -0.491 e. The average Bonchev–Trinajstić information content (AvgIpc) is 3.21. The first-order chi connectivity index (χ1) is 14.5.